The Morgan fingerprint density at radius 2 is 1.91 bits per heavy atom. The first-order valence-electron chi connectivity index (χ1n) is 9.98. The fourth-order valence-electron chi connectivity index (χ4n) is 3.24. The third kappa shape index (κ3) is 4.66. The van der Waals surface area contributed by atoms with Crippen LogP contribution in [0.1, 0.15) is 27.2 Å². The van der Waals surface area contributed by atoms with E-state index in [1.165, 1.54) is 22.9 Å². The number of benzene rings is 1. The first-order valence-corrected chi connectivity index (χ1v) is 11.8. The van der Waals surface area contributed by atoms with Crippen molar-refractivity contribution in [3.63, 3.8) is 0 Å². The topological polar surface area (TPSA) is 117 Å². The van der Waals surface area contributed by atoms with Gasteiger partial charge in [-0.25, -0.2) is 4.68 Å². The molecule has 0 aliphatic heterocycles. The zero-order chi connectivity index (χ0) is 23.5. The summed E-state index contributed by atoms with van der Waals surface area (Å²) in [6, 6.07) is 12.9. The summed E-state index contributed by atoms with van der Waals surface area (Å²) in [7, 11) is 1.79. The number of thiophene rings is 1. The highest BCUT2D eigenvalue weighted by Crippen LogP contribution is 2.23. The number of para-hydroxylation sites is 1. The summed E-state index contributed by atoms with van der Waals surface area (Å²) in [5.41, 5.74) is 1.48. The second-order valence-corrected chi connectivity index (χ2v) is 9.28. The summed E-state index contributed by atoms with van der Waals surface area (Å²) in [5.74, 6) is -0.0968. The van der Waals surface area contributed by atoms with E-state index in [0.29, 0.717) is 28.0 Å². The molecule has 0 fully saturated rings. The number of ketones is 1. The van der Waals surface area contributed by atoms with Crippen LogP contribution in [0.4, 0.5) is 0 Å². The molecule has 4 rings (SSSR count). The average molecular weight is 484 g/mol. The maximum Gasteiger partial charge on any atom is 0.297 e. The predicted molar refractivity (Wildman–Crippen MR) is 125 cm³/mol. The number of nitrogens with zero attached hydrogens (tertiary/aromatic N) is 6. The van der Waals surface area contributed by atoms with Crippen molar-refractivity contribution < 1.29 is 9.59 Å². The van der Waals surface area contributed by atoms with Crippen LogP contribution >= 0.6 is 23.1 Å². The molecule has 0 aliphatic carbocycles. The predicted octanol–water partition coefficient (Wildman–Crippen LogP) is 2.13. The van der Waals surface area contributed by atoms with E-state index < -0.39 is 0 Å². The van der Waals surface area contributed by atoms with Gasteiger partial charge in [-0.2, -0.15) is 4.68 Å². The highest BCUT2D eigenvalue weighted by atomic mass is 32.2. The third-order valence-electron chi connectivity index (χ3n) is 4.96. The van der Waals surface area contributed by atoms with Crippen LogP contribution in [0.5, 0.6) is 0 Å². The fraction of sp³-hybridized carbons (Fsp3) is 0.238. The Morgan fingerprint density at radius 3 is 2.64 bits per heavy atom. The molecule has 0 atom stereocenters. The van der Waals surface area contributed by atoms with Crippen LogP contribution in [-0.2, 0) is 18.4 Å². The lowest BCUT2D eigenvalue weighted by atomic mass is 10.3. The minimum absolute atomic E-state index is 0.0832. The van der Waals surface area contributed by atoms with E-state index in [2.05, 4.69) is 20.8 Å². The Kier molecular flexibility index (Phi) is 6.56. The normalized spacial score (nSPS) is 11.0. The number of hydrogen-bond donors (Lipinski definition) is 1. The number of hydrogen-bond acceptors (Lipinski definition) is 8. The second-order valence-electron chi connectivity index (χ2n) is 7.17. The molecular weight excluding hydrogens is 462 g/mol. The quantitative estimate of drug-likeness (QED) is 0.301. The zero-order valence-electron chi connectivity index (χ0n) is 18.2. The number of amides is 1. The van der Waals surface area contributed by atoms with Crippen LogP contribution in [0.2, 0.25) is 0 Å². The fourth-order valence-corrected chi connectivity index (χ4v) is 4.98. The molecule has 0 bridgehead atoms. The van der Waals surface area contributed by atoms with Crippen molar-refractivity contribution in [1.82, 2.24) is 34.9 Å². The van der Waals surface area contributed by atoms with E-state index in [9.17, 15) is 14.4 Å². The lowest BCUT2D eigenvalue weighted by Gasteiger charge is -2.07. The number of carbonyl (C=O) groups excluding carboxylic acids is 2. The molecule has 12 heteroatoms. The number of tetrazole rings is 1. The van der Waals surface area contributed by atoms with Crippen molar-refractivity contribution in [2.75, 3.05) is 5.75 Å². The molecular formula is C21H21N7O3S2. The van der Waals surface area contributed by atoms with E-state index in [0.717, 1.165) is 22.3 Å². The van der Waals surface area contributed by atoms with Gasteiger partial charge in [-0.15, -0.1) is 16.4 Å². The lowest BCUT2D eigenvalue weighted by molar-refractivity contribution is -0.119. The number of nitrogens with one attached hydrogen (secondary N) is 1. The van der Waals surface area contributed by atoms with Crippen molar-refractivity contribution in [2.45, 2.75) is 25.5 Å². The molecule has 0 spiro atoms. The molecule has 33 heavy (non-hydrogen) atoms. The molecule has 0 unspecified atom stereocenters. The van der Waals surface area contributed by atoms with E-state index in [4.69, 9.17) is 0 Å². The summed E-state index contributed by atoms with van der Waals surface area (Å²) in [5, 5.41) is 14.8. The summed E-state index contributed by atoms with van der Waals surface area (Å²) in [6.45, 7) is 3.66. The molecule has 10 nitrogen and oxygen atoms in total. The smallest absolute Gasteiger partial charge is 0.297 e. The lowest BCUT2D eigenvalue weighted by Crippen LogP contribution is -2.22. The maximum absolute atomic E-state index is 13.3. The van der Waals surface area contributed by atoms with Gasteiger partial charge in [-0.05, 0) is 41.6 Å². The molecule has 0 saturated heterocycles. The molecule has 0 saturated carbocycles. The summed E-state index contributed by atoms with van der Waals surface area (Å²) in [6.07, 6.45) is 0. The molecule has 0 radical (unpaired) electrons. The molecule has 1 aromatic carbocycles. The van der Waals surface area contributed by atoms with Crippen LogP contribution in [0, 0.1) is 6.92 Å². The van der Waals surface area contributed by atoms with Crippen LogP contribution < -0.4 is 10.9 Å². The van der Waals surface area contributed by atoms with E-state index in [-0.39, 0.29) is 23.0 Å². The van der Waals surface area contributed by atoms with Crippen molar-refractivity contribution >= 4 is 34.8 Å². The summed E-state index contributed by atoms with van der Waals surface area (Å²) >= 11 is 2.50. The van der Waals surface area contributed by atoms with Gasteiger partial charge in [0.1, 0.15) is 0 Å². The average Bonchev–Trinajstić information content (AvgIpc) is 3.51. The van der Waals surface area contributed by atoms with Gasteiger partial charge >= 0.3 is 0 Å². The van der Waals surface area contributed by atoms with Gasteiger partial charge in [0.05, 0.1) is 28.6 Å². The van der Waals surface area contributed by atoms with Crippen molar-refractivity contribution in [3.05, 3.63) is 68.3 Å². The van der Waals surface area contributed by atoms with E-state index in [1.807, 2.05) is 43.3 Å². The Balaban J connectivity index is 1.54. The van der Waals surface area contributed by atoms with Crippen LogP contribution in [0.25, 0.3) is 11.4 Å². The van der Waals surface area contributed by atoms with Gasteiger partial charge in [0, 0.05) is 18.8 Å². The standard InChI is InChI=1S/C21H21N7O3S2/c1-13-19(20(31)28(26(13)3)15-7-5-4-6-8-15)27-21(23-24-25-27)32-12-17(30)18-10-9-16(33-18)11-22-14(2)29/h4-10H,11-12H2,1-3H3,(H,22,29). The van der Waals surface area contributed by atoms with Crippen LogP contribution in [0.3, 0.4) is 0 Å². The minimum atomic E-state index is -0.262. The SMILES string of the molecule is CC(=O)NCc1ccc(C(=O)CSc2nnnn2-c2c(C)n(C)n(-c3ccccc3)c2=O)s1. The summed E-state index contributed by atoms with van der Waals surface area (Å²) < 4.78 is 4.68. The Hall–Kier alpha value is -3.51. The third-order valence-corrected chi connectivity index (χ3v) is 7.00. The Labute approximate surface area is 197 Å². The van der Waals surface area contributed by atoms with Gasteiger partial charge in [0.2, 0.25) is 11.1 Å². The molecule has 1 amide bonds. The van der Waals surface area contributed by atoms with Gasteiger partial charge in [0.25, 0.3) is 5.56 Å². The van der Waals surface area contributed by atoms with Crippen molar-refractivity contribution in [2.24, 2.45) is 7.05 Å². The Bertz CT molecular complexity index is 1370. The van der Waals surface area contributed by atoms with Crippen molar-refractivity contribution in [3.8, 4) is 11.4 Å². The van der Waals surface area contributed by atoms with E-state index in [1.54, 1.807) is 22.5 Å². The molecule has 3 heterocycles. The van der Waals surface area contributed by atoms with Gasteiger partial charge in [0.15, 0.2) is 11.5 Å². The number of thioether (sulfide) groups is 1. The number of Topliss-reactive ketones (excluding diaryl/α,β-unsaturated/α-hetero) is 1. The zero-order valence-corrected chi connectivity index (χ0v) is 19.8. The molecule has 170 valence electrons. The first kappa shape index (κ1) is 22.7. The highest BCUT2D eigenvalue weighted by Gasteiger charge is 2.22. The van der Waals surface area contributed by atoms with Crippen LogP contribution in [0.15, 0.2) is 52.4 Å². The minimum Gasteiger partial charge on any atom is -0.351 e. The van der Waals surface area contributed by atoms with Gasteiger partial charge in [-0.3, -0.25) is 19.1 Å². The number of carbonyl (C=O) groups is 2. The number of rotatable bonds is 8. The second kappa shape index (κ2) is 9.55. The van der Waals surface area contributed by atoms with E-state index >= 15 is 0 Å². The molecule has 4 aromatic rings. The molecule has 1 N–H and O–H groups in total. The van der Waals surface area contributed by atoms with Crippen molar-refractivity contribution in [1.29, 1.82) is 0 Å². The van der Waals surface area contributed by atoms with Gasteiger partial charge in [-0.1, -0.05) is 30.0 Å². The number of aromatic nitrogens is 6. The Morgan fingerprint density at radius 1 is 1.15 bits per heavy atom. The first-order chi connectivity index (χ1) is 15.9. The maximum atomic E-state index is 13.3. The monoisotopic (exact) mass is 483 g/mol. The largest absolute Gasteiger partial charge is 0.351 e. The highest BCUT2D eigenvalue weighted by molar-refractivity contribution is 7.99. The van der Waals surface area contributed by atoms with Crippen LogP contribution in [-0.4, -0.2) is 47.0 Å². The summed E-state index contributed by atoms with van der Waals surface area (Å²) in [4.78, 5) is 38.5. The molecule has 3 aromatic heterocycles. The van der Waals surface area contributed by atoms with Gasteiger partial charge < -0.3 is 5.32 Å². The molecule has 0 aliphatic rings.